The molecule has 28 heavy (non-hydrogen) atoms. The molecule has 1 atom stereocenters. The van der Waals surface area contributed by atoms with Gasteiger partial charge in [0.1, 0.15) is 6.61 Å². The van der Waals surface area contributed by atoms with E-state index in [0.717, 1.165) is 30.8 Å². The van der Waals surface area contributed by atoms with Crippen molar-refractivity contribution in [1.82, 2.24) is 10.2 Å². The van der Waals surface area contributed by atoms with Crippen molar-refractivity contribution < 1.29 is 9.47 Å². The predicted molar refractivity (Wildman–Crippen MR) is 115 cm³/mol. The van der Waals surface area contributed by atoms with Crippen LogP contribution in [0.5, 0.6) is 11.5 Å². The third kappa shape index (κ3) is 5.63. The average molecular weight is 403 g/mol. The average Bonchev–Trinajstić information content (AvgIpc) is 3.16. The molecule has 1 heterocycles. The van der Waals surface area contributed by atoms with Gasteiger partial charge in [-0.1, -0.05) is 48.9 Å². The van der Waals surface area contributed by atoms with Crippen LogP contribution in [0.1, 0.15) is 37.8 Å². The highest BCUT2D eigenvalue weighted by molar-refractivity contribution is 6.32. The van der Waals surface area contributed by atoms with Crippen LogP contribution in [0.4, 0.5) is 0 Å². The number of nitrogens with zero attached hydrogens (tertiary/aromatic N) is 1. The number of likely N-dealkylation sites (N-methyl/N-ethyl adjacent to an activating group) is 1. The number of likely N-dealkylation sites (tertiary alicyclic amines) is 1. The molecule has 1 aliphatic rings. The Morgan fingerprint density at radius 3 is 2.68 bits per heavy atom. The Labute approximate surface area is 173 Å². The molecule has 1 aliphatic heterocycles. The van der Waals surface area contributed by atoms with E-state index in [-0.39, 0.29) is 0 Å². The SMILES string of the molecule is CCOc1cc(CNC[C@H]2CCCN2CC)cc(Cl)c1OCc1ccccc1. The molecule has 0 amide bonds. The maximum atomic E-state index is 6.55. The molecule has 1 N–H and O–H groups in total. The van der Waals surface area contributed by atoms with Gasteiger partial charge >= 0.3 is 0 Å². The number of nitrogens with one attached hydrogen (secondary N) is 1. The van der Waals surface area contributed by atoms with Gasteiger partial charge in [-0.05, 0) is 56.1 Å². The smallest absolute Gasteiger partial charge is 0.180 e. The van der Waals surface area contributed by atoms with Gasteiger partial charge < -0.3 is 14.8 Å². The number of ether oxygens (including phenoxy) is 2. The van der Waals surface area contributed by atoms with E-state index in [2.05, 4.69) is 17.1 Å². The van der Waals surface area contributed by atoms with Gasteiger partial charge in [-0.2, -0.15) is 0 Å². The summed E-state index contributed by atoms with van der Waals surface area (Å²) in [4.78, 5) is 2.55. The molecule has 0 radical (unpaired) electrons. The Balaban J connectivity index is 1.62. The summed E-state index contributed by atoms with van der Waals surface area (Å²) in [7, 11) is 0. The number of rotatable bonds is 10. The van der Waals surface area contributed by atoms with Crippen molar-refractivity contribution in [2.24, 2.45) is 0 Å². The lowest BCUT2D eigenvalue weighted by Gasteiger charge is -2.23. The Kier molecular flexibility index (Phi) is 8.01. The molecule has 3 rings (SSSR count). The third-order valence-electron chi connectivity index (χ3n) is 5.21. The van der Waals surface area contributed by atoms with E-state index in [9.17, 15) is 0 Å². The second kappa shape index (κ2) is 10.7. The lowest BCUT2D eigenvalue weighted by Crippen LogP contribution is -2.37. The molecule has 0 unspecified atom stereocenters. The van der Waals surface area contributed by atoms with Gasteiger partial charge in [0.25, 0.3) is 0 Å². The molecule has 5 heteroatoms. The molecule has 0 spiro atoms. The monoisotopic (exact) mass is 402 g/mol. The third-order valence-corrected chi connectivity index (χ3v) is 5.49. The Morgan fingerprint density at radius 2 is 1.93 bits per heavy atom. The maximum absolute atomic E-state index is 6.55. The van der Waals surface area contributed by atoms with Crippen molar-refractivity contribution in [2.45, 2.75) is 45.9 Å². The number of hydrogen-bond donors (Lipinski definition) is 1. The first kappa shape index (κ1) is 21.0. The van der Waals surface area contributed by atoms with E-state index in [1.54, 1.807) is 0 Å². The van der Waals surface area contributed by atoms with Gasteiger partial charge in [0.2, 0.25) is 0 Å². The van der Waals surface area contributed by atoms with Gasteiger partial charge in [-0.25, -0.2) is 0 Å². The molecule has 0 aromatic heterocycles. The number of hydrogen-bond acceptors (Lipinski definition) is 4. The first-order valence-corrected chi connectivity index (χ1v) is 10.7. The van der Waals surface area contributed by atoms with Crippen molar-refractivity contribution in [3.8, 4) is 11.5 Å². The van der Waals surface area contributed by atoms with E-state index < -0.39 is 0 Å². The predicted octanol–water partition coefficient (Wildman–Crippen LogP) is 4.89. The molecule has 152 valence electrons. The molecular formula is C23H31ClN2O2. The summed E-state index contributed by atoms with van der Waals surface area (Å²) in [5.41, 5.74) is 2.21. The molecular weight excluding hydrogens is 372 g/mol. The minimum absolute atomic E-state index is 0.465. The van der Waals surface area contributed by atoms with Crippen molar-refractivity contribution >= 4 is 11.6 Å². The normalized spacial score (nSPS) is 17.0. The van der Waals surface area contributed by atoms with Crippen LogP contribution in [0, 0.1) is 0 Å². The minimum Gasteiger partial charge on any atom is -0.490 e. The van der Waals surface area contributed by atoms with Gasteiger partial charge in [0.15, 0.2) is 11.5 Å². The van der Waals surface area contributed by atoms with Crippen LogP contribution in [0.15, 0.2) is 42.5 Å². The number of benzene rings is 2. The van der Waals surface area contributed by atoms with Gasteiger partial charge in [0.05, 0.1) is 11.6 Å². The molecule has 0 bridgehead atoms. The van der Waals surface area contributed by atoms with Crippen molar-refractivity contribution in [3.05, 3.63) is 58.6 Å². The highest BCUT2D eigenvalue weighted by atomic mass is 35.5. The Morgan fingerprint density at radius 1 is 1.11 bits per heavy atom. The molecule has 4 nitrogen and oxygen atoms in total. The zero-order valence-electron chi connectivity index (χ0n) is 16.9. The zero-order valence-corrected chi connectivity index (χ0v) is 17.7. The van der Waals surface area contributed by atoms with E-state index in [0.29, 0.717) is 35.8 Å². The highest BCUT2D eigenvalue weighted by Crippen LogP contribution is 2.37. The summed E-state index contributed by atoms with van der Waals surface area (Å²) in [5, 5.41) is 4.18. The lowest BCUT2D eigenvalue weighted by molar-refractivity contribution is 0.259. The topological polar surface area (TPSA) is 33.7 Å². The molecule has 1 fully saturated rings. The largest absolute Gasteiger partial charge is 0.490 e. The molecule has 2 aromatic carbocycles. The van der Waals surface area contributed by atoms with Gasteiger partial charge in [0, 0.05) is 19.1 Å². The van der Waals surface area contributed by atoms with E-state index >= 15 is 0 Å². The van der Waals surface area contributed by atoms with Crippen LogP contribution >= 0.6 is 11.6 Å². The van der Waals surface area contributed by atoms with E-state index in [1.165, 1.54) is 19.4 Å². The highest BCUT2D eigenvalue weighted by Gasteiger charge is 2.22. The fourth-order valence-electron chi connectivity index (χ4n) is 3.78. The van der Waals surface area contributed by atoms with Crippen molar-refractivity contribution in [1.29, 1.82) is 0 Å². The van der Waals surface area contributed by atoms with Crippen LogP contribution in [-0.2, 0) is 13.2 Å². The summed E-state index contributed by atoms with van der Waals surface area (Å²) in [6.07, 6.45) is 2.58. The van der Waals surface area contributed by atoms with Gasteiger partial charge in [-0.3, -0.25) is 4.90 Å². The fourth-order valence-corrected chi connectivity index (χ4v) is 4.07. The summed E-state index contributed by atoms with van der Waals surface area (Å²) >= 11 is 6.55. The van der Waals surface area contributed by atoms with E-state index in [4.69, 9.17) is 21.1 Å². The van der Waals surface area contributed by atoms with Crippen LogP contribution in [0.3, 0.4) is 0 Å². The standard InChI is InChI=1S/C23H31ClN2O2/c1-3-26-12-8-11-20(26)16-25-15-19-13-21(24)23(22(14-19)27-4-2)28-17-18-9-6-5-7-10-18/h5-7,9-10,13-14,20,25H,3-4,8,11-12,15-17H2,1-2H3/t20-/m1/s1. The Bertz CT molecular complexity index is 739. The maximum Gasteiger partial charge on any atom is 0.180 e. The molecule has 0 saturated carbocycles. The van der Waals surface area contributed by atoms with Crippen LogP contribution in [-0.4, -0.2) is 37.2 Å². The molecule has 0 aliphatic carbocycles. The lowest BCUT2D eigenvalue weighted by atomic mass is 10.1. The van der Waals surface area contributed by atoms with Crippen LogP contribution in [0.2, 0.25) is 5.02 Å². The second-order valence-electron chi connectivity index (χ2n) is 7.17. The summed E-state index contributed by atoms with van der Waals surface area (Å²) in [6.45, 7) is 9.36. The second-order valence-corrected chi connectivity index (χ2v) is 7.57. The van der Waals surface area contributed by atoms with Crippen LogP contribution < -0.4 is 14.8 Å². The summed E-state index contributed by atoms with van der Waals surface area (Å²) < 4.78 is 11.8. The van der Waals surface area contributed by atoms with Crippen molar-refractivity contribution in [2.75, 3.05) is 26.2 Å². The molecule has 1 saturated heterocycles. The summed E-state index contributed by atoms with van der Waals surface area (Å²) in [5.74, 6) is 1.32. The summed E-state index contributed by atoms with van der Waals surface area (Å²) in [6, 6.07) is 14.7. The first-order valence-electron chi connectivity index (χ1n) is 10.3. The van der Waals surface area contributed by atoms with E-state index in [1.807, 2.05) is 49.4 Å². The Hall–Kier alpha value is -1.75. The first-order chi connectivity index (χ1) is 13.7. The fraction of sp³-hybridized carbons (Fsp3) is 0.478. The van der Waals surface area contributed by atoms with Crippen molar-refractivity contribution in [3.63, 3.8) is 0 Å². The van der Waals surface area contributed by atoms with Crippen LogP contribution in [0.25, 0.3) is 0 Å². The quantitative estimate of drug-likeness (QED) is 0.613. The zero-order chi connectivity index (χ0) is 19.8. The number of halogens is 1. The molecule has 2 aromatic rings. The minimum atomic E-state index is 0.465. The van der Waals surface area contributed by atoms with Gasteiger partial charge in [-0.15, -0.1) is 0 Å².